The molecular weight excluding hydrogens is 283 g/mol. The van der Waals surface area contributed by atoms with Gasteiger partial charge in [0.1, 0.15) is 11.6 Å². The summed E-state index contributed by atoms with van der Waals surface area (Å²) in [4.78, 5) is 21.1. The van der Waals surface area contributed by atoms with E-state index in [1.54, 1.807) is 0 Å². The van der Waals surface area contributed by atoms with Gasteiger partial charge in [-0.3, -0.25) is 14.9 Å². The normalized spacial score (nSPS) is 24.8. The van der Waals surface area contributed by atoms with E-state index < -0.39 is 28.4 Å². The van der Waals surface area contributed by atoms with Gasteiger partial charge in [0.05, 0.1) is 11.0 Å². The predicted molar refractivity (Wildman–Crippen MR) is 70.6 cm³/mol. The SMILES string of the molecule is Cc1cc(OC2CCC(N)(C(=O)O)C2)c(F)cc1[N+](=O)[O-]. The van der Waals surface area contributed by atoms with E-state index in [-0.39, 0.29) is 29.8 Å². The maximum absolute atomic E-state index is 13.8. The molecular formula is C13H15FN2O5. The minimum atomic E-state index is -1.36. The van der Waals surface area contributed by atoms with E-state index in [0.29, 0.717) is 6.42 Å². The molecule has 1 saturated carbocycles. The Balaban J connectivity index is 2.17. The third-order valence-corrected chi connectivity index (χ3v) is 3.67. The zero-order valence-electron chi connectivity index (χ0n) is 11.3. The zero-order valence-corrected chi connectivity index (χ0v) is 11.3. The molecule has 0 amide bonds. The number of hydrogen-bond acceptors (Lipinski definition) is 5. The summed E-state index contributed by atoms with van der Waals surface area (Å²) in [5, 5.41) is 19.7. The molecule has 1 aliphatic rings. The van der Waals surface area contributed by atoms with Gasteiger partial charge in [-0.1, -0.05) is 0 Å². The Morgan fingerprint density at radius 3 is 2.81 bits per heavy atom. The topological polar surface area (TPSA) is 116 Å². The fourth-order valence-corrected chi connectivity index (χ4v) is 2.43. The Hall–Kier alpha value is -2.22. The largest absolute Gasteiger partial charge is 0.487 e. The van der Waals surface area contributed by atoms with Crippen molar-refractivity contribution >= 4 is 11.7 Å². The highest BCUT2D eigenvalue weighted by atomic mass is 19.1. The van der Waals surface area contributed by atoms with Crippen molar-refractivity contribution in [2.45, 2.75) is 37.8 Å². The standard InChI is InChI=1S/C13H15FN2O5/c1-7-4-11(9(14)5-10(7)16(19)20)21-8-2-3-13(15,6-8)12(17)18/h4-5,8H,2-3,6,15H2,1H3,(H,17,18). The van der Waals surface area contributed by atoms with Gasteiger partial charge in [-0.15, -0.1) is 0 Å². The lowest BCUT2D eigenvalue weighted by Gasteiger charge is -2.19. The number of nitrogens with two attached hydrogens (primary N) is 1. The van der Waals surface area contributed by atoms with Gasteiger partial charge in [0.2, 0.25) is 0 Å². The number of nitrogens with zero attached hydrogens (tertiary/aromatic N) is 1. The second-order valence-electron chi connectivity index (χ2n) is 5.27. The van der Waals surface area contributed by atoms with E-state index >= 15 is 0 Å². The van der Waals surface area contributed by atoms with E-state index in [0.717, 1.165) is 6.07 Å². The van der Waals surface area contributed by atoms with Gasteiger partial charge in [0.15, 0.2) is 11.6 Å². The van der Waals surface area contributed by atoms with Gasteiger partial charge in [0, 0.05) is 12.0 Å². The van der Waals surface area contributed by atoms with Gasteiger partial charge in [0.25, 0.3) is 5.69 Å². The molecule has 1 aliphatic carbocycles. The zero-order chi connectivity index (χ0) is 15.8. The Morgan fingerprint density at radius 2 is 2.29 bits per heavy atom. The minimum Gasteiger partial charge on any atom is -0.487 e. The van der Waals surface area contributed by atoms with Crippen LogP contribution in [0.3, 0.4) is 0 Å². The molecule has 21 heavy (non-hydrogen) atoms. The molecule has 8 heteroatoms. The van der Waals surface area contributed by atoms with Crippen molar-refractivity contribution in [1.29, 1.82) is 0 Å². The molecule has 7 nitrogen and oxygen atoms in total. The summed E-state index contributed by atoms with van der Waals surface area (Å²) in [6.07, 6.45) is 0.165. The van der Waals surface area contributed by atoms with Crippen molar-refractivity contribution in [2.75, 3.05) is 0 Å². The number of carbonyl (C=O) groups is 1. The molecule has 2 rings (SSSR count). The van der Waals surface area contributed by atoms with Crippen molar-refractivity contribution in [1.82, 2.24) is 0 Å². The molecule has 1 aromatic carbocycles. The summed E-state index contributed by atoms with van der Waals surface area (Å²) in [5.74, 6) is -2.09. The van der Waals surface area contributed by atoms with Crippen molar-refractivity contribution in [3.63, 3.8) is 0 Å². The summed E-state index contributed by atoms with van der Waals surface area (Å²) in [7, 11) is 0. The van der Waals surface area contributed by atoms with Crippen LogP contribution in [0.1, 0.15) is 24.8 Å². The number of aliphatic carboxylic acids is 1. The maximum atomic E-state index is 13.8. The monoisotopic (exact) mass is 298 g/mol. The summed E-state index contributed by atoms with van der Waals surface area (Å²) < 4.78 is 19.2. The lowest BCUT2D eigenvalue weighted by Crippen LogP contribution is -2.46. The van der Waals surface area contributed by atoms with Crippen LogP contribution in [-0.4, -0.2) is 27.6 Å². The molecule has 0 aromatic heterocycles. The number of carboxylic acids is 1. The number of hydrogen-bond donors (Lipinski definition) is 2. The number of benzene rings is 1. The minimum absolute atomic E-state index is 0.0673. The average Bonchev–Trinajstić information content (AvgIpc) is 2.76. The van der Waals surface area contributed by atoms with Crippen molar-refractivity contribution in [2.24, 2.45) is 5.73 Å². The average molecular weight is 298 g/mol. The van der Waals surface area contributed by atoms with Crippen LogP contribution >= 0.6 is 0 Å². The first-order chi connectivity index (χ1) is 9.73. The second kappa shape index (κ2) is 5.28. The van der Waals surface area contributed by atoms with Crippen LogP contribution in [0.5, 0.6) is 5.75 Å². The molecule has 114 valence electrons. The smallest absolute Gasteiger partial charge is 0.323 e. The molecule has 1 fully saturated rings. The molecule has 0 radical (unpaired) electrons. The molecule has 0 heterocycles. The van der Waals surface area contributed by atoms with Crippen LogP contribution < -0.4 is 10.5 Å². The fraction of sp³-hybridized carbons (Fsp3) is 0.462. The molecule has 0 bridgehead atoms. The summed E-state index contributed by atoms with van der Waals surface area (Å²) >= 11 is 0. The van der Waals surface area contributed by atoms with E-state index in [9.17, 15) is 19.3 Å². The lowest BCUT2D eigenvalue weighted by atomic mass is 10.00. The number of aryl methyl sites for hydroxylation is 1. The first kappa shape index (κ1) is 15.2. The van der Waals surface area contributed by atoms with Crippen LogP contribution in [0.2, 0.25) is 0 Å². The van der Waals surface area contributed by atoms with Gasteiger partial charge in [-0.25, -0.2) is 4.39 Å². The highest BCUT2D eigenvalue weighted by Gasteiger charge is 2.43. The van der Waals surface area contributed by atoms with Gasteiger partial charge < -0.3 is 15.6 Å². The number of carboxylic acid groups (broad SMARTS) is 1. The van der Waals surface area contributed by atoms with E-state index in [2.05, 4.69) is 0 Å². The molecule has 2 unspecified atom stereocenters. The number of halogens is 1. The predicted octanol–water partition coefficient (Wildman–Crippen LogP) is 1.76. The Bertz CT molecular complexity index is 606. The molecule has 0 aliphatic heterocycles. The summed E-state index contributed by atoms with van der Waals surface area (Å²) in [6, 6.07) is 2.04. The van der Waals surface area contributed by atoms with Crippen LogP contribution in [-0.2, 0) is 4.79 Å². The summed E-state index contributed by atoms with van der Waals surface area (Å²) in [5.41, 5.74) is 4.29. The number of ether oxygens (including phenoxy) is 1. The lowest BCUT2D eigenvalue weighted by molar-refractivity contribution is -0.385. The van der Waals surface area contributed by atoms with Crippen molar-refractivity contribution in [3.8, 4) is 5.75 Å². The Labute approximate surface area is 119 Å². The third kappa shape index (κ3) is 2.94. The van der Waals surface area contributed by atoms with E-state index in [4.69, 9.17) is 15.6 Å². The quantitative estimate of drug-likeness (QED) is 0.646. The Morgan fingerprint density at radius 1 is 1.62 bits per heavy atom. The summed E-state index contributed by atoms with van der Waals surface area (Å²) in [6.45, 7) is 1.48. The van der Waals surface area contributed by atoms with Gasteiger partial charge in [-0.2, -0.15) is 0 Å². The third-order valence-electron chi connectivity index (χ3n) is 3.67. The molecule has 0 saturated heterocycles. The van der Waals surface area contributed by atoms with Crippen LogP contribution in [0, 0.1) is 22.9 Å². The van der Waals surface area contributed by atoms with Crippen LogP contribution in [0.25, 0.3) is 0 Å². The highest BCUT2D eigenvalue weighted by molar-refractivity contribution is 5.79. The second-order valence-corrected chi connectivity index (χ2v) is 5.27. The number of nitro groups is 1. The number of rotatable bonds is 4. The van der Waals surface area contributed by atoms with Crippen molar-refractivity contribution in [3.05, 3.63) is 33.6 Å². The Kier molecular flexibility index (Phi) is 3.82. The van der Waals surface area contributed by atoms with Gasteiger partial charge in [-0.05, 0) is 25.8 Å². The van der Waals surface area contributed by atoms with Crippen LogP contribution in [0.4, 0.5) is 10.1 Å². The maximum Gasteiger partial charge on any atom is 0.323 e. The van der Waals surface area contributed by atoms with E-state index in [1.165, 1.54) is 13.0 Å². The van der Waals surface area contributed by atoms with E-state index in [1.807, 2.05) is 0 Å². The molecule has 0 spiro atoms. The molecule has 3 N–H and O–H groups in total. The fourth-order valence-electron chi connectivity index (χ4n) is 2.43. The van der Waals surface area contributed by atoms with Crippen molar-refractivity contribution < 1.29 is 24.0 Å². The highest BCUT2D eigenvalue weighted by Crippen LogP contribution is 2.34. The number of nitro benzene ring substituents is 1. The molecule has 1 aromatic rings. The van der Waals surface area contributed by atoms with Crippen LogP contribution in [0.15, 0.2) is 12.1 Å². The first-order valence-electron chi connectivity index (χ1n) is 6.36. The molecule has 2 atom stereocenters. The first-order valence-corrected chi connectivity index (χ1v) is 6.36. The van der Waals surface area contributed by atoms with Gasteiger partial charge >= 0.3 is 5.97 Å².